The van der Waals surface area contributed by atoms with Gasteiger partial charge in [0.15, 0.2) is 0 Å². The van der Waals surface area contributed by atoms with Gasteiger partial charge >= 0.3 is 0 Å². The molecule has 0 fully saturated rings. The number of nitrogens with zero attached hydrogens (tertiary/aromatic N) is 1. The zero-order valence-corrected chi connectivity index (χ0v) is 10.8. The number of pyridine rings is 1. The van der Waals surface area contributed by atoms with Gasteiger partial charge in [0.1, 0.15) is 15.8 Å². The summed E-state index contributed by atoms with van der Waals surface area (Å²) in [6.45, 7) is 0.287. The van der Waals surface area contributed by atoms with Crippen LogP contribution in [-0.4, -0.2) is 13.4 Å². The van der Waals surface area contributed by atoms with Crippen molar-refractivity contribution in [3.05, 3.63) is 41.2 Å². The Hall–Kier alpha value is -1.51. The average molecular weight is 287 g/mol. The van der Waals surface area contributed by atoms with Crippen molar-refractivity contribution in [2.45, 2.75) is 10.8 Å². The number of sulfonamides is 1. The van der Waals surface area contributed by atoms with E-state index in [4.69, 9.17) is 5.73 Å². The van der Waals surface area contributed by atoms with Gasteiger partial charge in [0.2, 0.25) is 0 Å². The maximum absolute atomic E-state index is 12.6. The van der Waals surface area contributed by atoms with Crippen LogP contribution >= 0.6 is 11.3 Å². The number of nitrogens with one attached hydrogen (secondary N) is 1. The summed E-state index contributed by atoms with van der Waals surface area (Å²) in [6.07, 6.45) is 0.942. The SMILES string of the molecule is NCc1ccc(S(=O)(=O)Nc2ccc(F)cn2)s1. The van der Waals surface area contributed by atoms with Gasteiger partial charge in [0.05, 0.1) is 6.20 Å². The minimum Gasteiger partial charge on any atom is -0.326 e. The van der Waals surface area contributed by atoms with Crippen LogP contribution in [0.4, 0.5) is 10.2 Å². The maximum Gasteiger partial charge on any atom is 0.272 e. The molecule has 96 valence electrons. The van der Waals surface area contributed by atoms with Crippen LogP contribution in [0, 0.1) is 5.82 Å². The second-order valence-corrected chi connectivity index (χ2v) is 6.47. The van der Waals surface area contributed by atoms with Crippen LogP contribution < -0.4 is 10.5 Å². The first-order valence-corrected chi connectivity index (χ1v) is 7.24. The number of rotatable bonds is 4. The Bertz CT molecular complexity index is 637. The van der Waals surface area contributed by atoms with E-state index in [1.165, 1.54) is 12.1 Å². The van der Waals surface area contributed by atoms with Crippen molar-refractivity contribution < 1.29 is 12.8 Å². The monoisotopic (exact) mass is 287 g/mol. The van der Waals surface area contributed by atoms with E-state index in [1.54, 1.807) is 6.07 Å². The Morgan fingerprint density at radius 2 is 2.11 bits per heavy atom. The number of hydrogen-bond acceptors (Lipinski definition) is 5. The van der Waals surface area contributed by atoms with Gasteiger partial charge < -0.3 is 5.73 Å². The summed E-state index contributed by atoms with van der Waals surface area (Å²) >= 11 is 1.08. The molecule has 2 rings (SSSR count). The fourth-order valence-corrected chi connectivity index (χ4v) is 3.48. The summed E-state index contributed by atoms with van der Waals surface area (Å²) < 4.78 is 38.9. The molecule has 2 heterocycles. The average Bonchev–Trinajstić information content (AvgIpc) is 2.81. The molecule has 0 bridgehead atoms. The lowest BCUT2D eigenvalue weighted by Crippen LogP contribution is -2.12. The van der Waals surface area contributed by atoms with Crippen LogP contribution in [0.2, 0.25) is 0 Å². The standard InChI is InChI=1S/C10H10FN3O2S2/c11-7-1-3-9(13-6-7)14-18(15,16)10-4-2-8(5-12)17-10/h1-4,6H,5,12H2,(H,13,14). The van der Waals surface area contributed by atoms with E-state index in [1.807, 2.05) is 0 Å². The van der Waals surface area contributed by atoms with Gasteiger partial charge in [-0.15, -0.1) is 11.3 Å². The van der Waals surface area contributed by atoms with Crippen molar-refractivity contribution >= 4 is 27.2 Å². The molecular weight excluding hydrogens is 277 g/mol. The van der Waals surface area contributed by atoms with Gasteiger partial charge in [0.25, 0.3) is 10.0 Å². The number of aromatic nitrogens is 1. The lowest BCUT2D eigenvalue weighted by atomic mass is 10.5. The topological polar surface area (TPSA) is 85.1 Å². The van der Waals surface area contributed by atoms with Gasteiger partial charge in [0, 0.05) is 11.4 Å². The summed E-state index contributed by atoms with van der Waals surface area (Å²) in [5, 5.41) is 0. The first-order valence-electron chi connectivity index (χ1n) is 4.94. The predicted octanol–water partition coefficient (Wildman–Crippen LogP) is 1.54. The molecule has 0 unspecified atom stereocenters. The van der Waals surface area contributed by atoms with Crippen molar-refractivity contribution in [2.24, 2.45) is 5.73 Å². The highest BCUT2D eigenvalue weighted by molar-refractivity contribution is 7.94. The predicted molar refractivity (Wildman–Crippen MR) is 67.2 cm³/mol. The summed E-state index contributed by atoms with van der Waals surface area (Å²) in [6, 6.07) is 5.50. The van der Waals surface area contributed by atoms with Gasteiger partial charge in [-0.1, -0.05) is 0 Å². The quantitative estimate of drug-likeness (QED) is 0.893. The molecule has 8 heteroatoms. The Morgan fingerprint density at radius 1 is 1.33 bits per heavy atom. The summed E-state index contributed by atoms with van der Waals surface area (Å²) in [4.78, 5) is 4.40. The van der Waals surface area contributed by atoms with E-state index in [2.05, 4.69) is 9.71 Å². The molecule has 18 heavy (non-hydrogen) atoms. The number of hydrogen-bond donors (Lipinski definition) is 2. The van der Waals surface area contributed by atoms with E-state index >= 15 is 0 Å². The molecule has 0 aliphatic rings. The number of halogens is 1. The molecule has 0 radical (unpaired) electrons. The largest absolute Gasteiger partial charge is 0.326 e. The van der Waals surface area contributed by atoms with E-state index in [0.717, 1.165) is 28.5 Å². The molecule has 0 saturated heterocycles. The summed E-state index contributed by atoms with van der Waals surface area (Å²) in [7, 11) is -3.69. The molecule has 2 aromatic rings. The minimum atomic E-state index is -3.69. The fraction of sp³-hybridized carbons (Fsp3) is 0.100. The number of nitrogens with two attached hydrogens (primary N) is 1. The van der Waals surface area contributed by atoms with Crippen molar-refractivity contribution in [3.8, 4) is 0 Å². The van der Waals surface area contributed by atoms with Crippen LogP contribution in [0.5, 0.6) is 0 Å². The molecule has 2 aromatic heterocycles. The first-order chi connectivity index (χ1) is 8.51. The van der Waals surface area contributed by atoms with Crippen LogP contribution in [0.25, 0.3) is 0 Å². The zero-order chi connectivity index (χ0) is 13.2. The second-order valence-electron chi connectivity index (χ2n) is 3.39. The van der Waals surface area contributed by atoms with Crippen molar-refractivity contribution in [1.82, 2.24) is 4.98 Å². The van der Waals surface area contributed by atoms with Gasteiger partial charge in [-0.05, 0) is 24.3 Å². The van der Waals surface area contributed by atoms with Gasteiger partial charge in [-0.25, -0.2) is 17.8 Å². The third-order valence-corrected chi connectivity index (χ3v) is 5.02. The smallest absolute Gasteiger partial charge is 0.272 e. The van der Waals surface area contributed by atoms with Crippen LogP contribution in [0.15, 0.2) is 34.7 Å². The first kappa shape index (κ1) is 12.9. The fourth-order valence-electron chi connectivity index (χ4n) is 1.24. The number of anilines is 1. The lowest BCUT2D eigenvalue weighted by molar-refractivity contribution is 0.602. The molecule has 0 atom stereocenters. The van der Waals surface area contributed by atoms with Gasteiger partial charge in [-0.3, -0.25) is 4.72 Å². The molecule has 3 N–H and O–H groups in total. The molecule has 0 aliphatic heterocycles. The Morgan fingerprint density at radius 3 is 2.67 bits per heavy atom. The summed E-state index contributed by atoms with van der Waals surface area (Å²) in [5.41, 5.74) is 5.42. The van der Waals surface area contributed by atoms with E-state index in [-0.39, 0.29) is 16.6 Å². The molecule has 0 aliphatic carbocycles. The van der Waals surface area contributed by atoms with Crippen molar-refractivity contribution in [1.29, 1.82) is 0 Å². The highest BCUT2D eigenvalue weighted by atomic mass is 32.2. The number of thiophene rings is 1. The highest BCUT2D eigenvalue weighted by Crippen LogP contribution is 2.23. The zero-order valence-electron chi connectivity index (χ0n) is 9.13. The van der Waals surface area contributed by atoms with Crippen LogP contribution in [0.1, 0.15) is 4.88 Å². The highest BCUT2D eigenvalue weighted by Gasteiger charge is 2.17. The molecule has 0 spiro atoms. The van der Waals surface area contributed by atoms with Crippen molar-refractivity contribution in [3.63, 3.8) is 0 Å². The molecule has 0 aromatic carbocycles. The maximum atomic E-state index is 12.6. The van der Waals surface area contributed by atoms with Crippen LogP contribution in [0.3, 0.4) is 0 Å². The van der Waals surface area contributed by atoms with E-state index in [9.17, 15) is 12.8 Å². The Labute approximate surface area is 108 Å². The Balaban J connectivity index is 2.24. The third-order valence-electron chi connectivity index (χ3n) is 2.07. The lowest BCUT2D eigenvalue weighted by Gasteiger charge is -2.04. The Kier molecular flexibility index (Phi) is 3.60. The normalized spacial score (nSPS) is 11.4. The van der Waals surface area contributed by atoms with E-state index in [0.29, 0.717) is 0 Å². The third kappa shape index (κ3) is 2.84. The summed E-state index contributed by atoms with van der Waals surface area (Å²) in [5.74, 6) is -0.460. The van der Waals surface area contributed by atoms with E-state index < -0.39 is 15.8 Å². The molecule has 0 amide bonds. The minimum absolute atomic E-state index is 0.0686. The molecular formula is C10H10FN3O2S2. The van der Waals surface area contributed by atoms with Gasteiger partial charge in [-0.2, -0.15) is 0 Å². The molecule has 0 saturated carbocycles. The second kappa shape index (κ2) is 5.01. The van der Waals surface area contributed by atoms with Crippen LogP contribution in [-0.2, 0) is 16.6 Å². The van der Waals surface area contributed by atoms with Crippen molar-refractivity contribution in [2.75, 3.05) is 4.72 Å². The molecule has 5 nitrogen and oxygen atoms in total.